The Morgan fingerprint density at radius 3 is 2.50 bits per heavy atom. The zero-order chi connectivity index (χ0) is 17.8. The van der Waals surface area contributed by atoms with Gasteiger partial charge in [-0.25, -0.2) is 25.9 Å². The fraction of sp³-hybridized carbons (Fsp3) is 0.467. The van der Waals surface area contributed by atoms with Crippen LogP contribution in [0.5, 0.6) is 0 Å². The summed E-state index contributed by atoms with van der Waals surface area (Å²) in [5, 5.41) is 1.07. The van der Waals surface area contributed by atoms with Gasteiger partial charge in [0.2, 0.25) is 20.0 Å². The highest BCUT2D eigenvalue weighted by Crippen LogP contribution is 2.18. The summed E-state index contributed by atoms with van der Waals surface area (Å²) in [7, 11) is -6.73. The lowest BCUT2D eigenvalue weighted by atomic mass is 10.1. The van der Waals surface area contributed by atoms with Crippen LogP contribution in [0.15, 0.2) is 30.5 Å². The summed E-state index contributed by atoms with van der Waals surface area (Å²) in [4.78, 5) is 3.16. The van der Waals surface area contributed by atoms with Crippen LogP contribution in [0.25, 0.3) is 10.9 Å². The molecular formula is C15H23N3O4S2. The van der Waals surface area contributed by atoms with E-state index in [1.165, 1.54) is 11.2 Å². The first-order chi connectivity index (χ1) is 11.2. The average molecular weight is 374 g/mol. The maximum absolute atomic E-state index is 11.9. The van der Waals surface area contributed by atoms with E-state index >= 15 is 0 Å². The molecular weight excluding hydrogens is 350 g/mol. The van der Waals surface area contributed by atoms with Gasteiger partial charge < -0.3 is 4.98 Å². The molecule has 9 heteroatoms. The van der Waals surface area contributed by atoms with Crippen molar-refractivity contribution in [3.8, 4) is 0 Å². The molecule has 1 heterocycles. The normalized spacial score (nSPS) is 13.0. The molecule has 0 atom stereocenters. The fourth-order valence-corrected chi connectivity index (χ4v) is 3.91. The first-order valence-corrected chi connectivity index (χ1v) is 11.2. The Bertz CT molecular complexity index is 888. The van der Waals surface area contributed by atoms with Crippen LogP contribution >= 0.6 is 0 Å². The fourth-order valence-electron chi connectivity index (χ4n) is 2.45. The average Bonchev–Trinajstić information content (AvgIpc) is 2.93. The van der Waals surface area contributed by atoms with Crippen molar-refractivity contribution in [1.29, 1.82) is 0 Å². The smallest absolute Gasteiger partial charge is 0.211 e. The van der Waals surface area contributed by atoms with E-state index in [0.29, 0.717) is 13.0 Å². The third-order valence-corrected chi connectivity index (χ3v) is 6.54. The number of rotatable bonds is 9. The zero-order valence-corrected chi connectivity index (χ0v) is 15.5. The molecule has 134 valence electrons. The third kappa shape index (κ3) is 5.04. The highest BCUT2D eigenvalue weighted by Gasteiger charge is 2.18. The van der Waals surface area contributed by atoms with E-state index in [1.807, 2.05) is 30.5 Å². The van der Waals surface area contributed by atoms with Crippen molar-refractivity contribution >= 4 is 30.9 Å². The predicted octanol–water partition coefficient (Wildman–Crippen LogP) is 0.911. The number of hydrogen-bond acceptors (Lipinski definition) is 4. The highest BCUT2D eigenvalue weighted by molar-refractivity contribution is 7.89. The van der Waals surface area contributed by atoms with Crippen molar-refractivity contribution in [3.05, 3.63) is 36.0 Å². The number of H-pyrrole nitrogens is 1. The minimum atomic E-state index is -3.41. The summed E-state index contributed by atoms with van der Waals surface area (Å²) in [6, 6.07) is 7.83. The monoisotopic (exact) mass is 373 g/mol. The summed E-state index contributed by atoms with van der Waals surface area (Å²) < 4.78 is 50.4. The summed E-state index contributed by atoms with van der Waals surface area (Å²) in [5.41, 5.74) is 2.04. The van der Waals surface area contributed by atoms with Gasteiger partial charge in [-0.05, 0) is 25.0 Å². The van der Waals surface area contributed by atoms with E-state index in [-0.39, 0.29) is 18.8 Å². The van der Waals surface area contributed by atoms with E-state index < -0.39 is 20.0 Å². The molecule has 0 amide bonds. The maximum atomic E-state index is 11.9. The molecule has 0 radical (unpaired) electrons. The number of hydrogen-bond donors (Lipinski definition) is 2. The molecule has 2 aromatic rings. The molecule has 7 nitrogen and oxygen atoms in total. The van der Waals surface area contributed by atoms with Gasteiger partial charge in [-0.1, -0.05) is 18.2 Å². The van der Waals surface area contributed by atoms with Gasteiger partial charge in [0.15, 0.2) is 0 Å². The van der Waals surface area contributed by atoms with Crippen molar-refractivity contribution in [3.63, 3.8) is 0 Å². The molecule has 2 rings (SSSR count). The Labute approximate surface area is 143 Å². The van der Waals surface area contributed by atoms with E-state index in [1.54, 1.807) is 0 Å². The first kappa shape index (κ1) is 18.9. The molecule has 0 aliphatic heterocycles. The third-order valence-electron chi connectivity index (χ3n) is 3.84. The van der Waals surface area contributed by atoms with E-state index in [9.17, 15) is 16.8 Å². The van der Waals surface area contributed by atoms with E-state index in [2.05, 4.69) is 9.71 Å². The van der Waals surface area contributed by atoms with Crippen LogP contribution in [-0.4, -0.2) is 57.8 Å². The number of nitrogens with one attached hydrogen (secondary N) is 2. The Balaban J connectivity index is 2.02. The van der Waals surface area contributed by atoms with Crippen molar-refractivity contribution in [2.45, 2.75) is 13.3 Å². The quantitative estimate of drug-likeness (QED) is 0.682. The molecule has 0 aliphatic rings. The lowest BCUT2D eigenvalue weighted by Gasteiger charge is -2.20. The van der Waals surface area contributed by atoms with Gasteiger partial charge in [-0.15, -0.1) is 0 Å². The molecule has 0 bridgehead atoms. The number of aromatic nitrogens is 1. The Morgan fingerprint density at radius 1 is 1.12 bits per heavy atom. The van der Waals surface area contributed by atoms with Gasteiger partial charge in [0.25, 0.3) is 0 Å². The summed E-state index contributed by atoms with van der Waals surface area (Å²) in [5.74, 6) is -0.0266. The number of para-hydroxylation sites is 1. The second-order valence-electron chi connectivity index (χ2n) is 5.57. The molecule has 0 saturated heterocycles. The standard InChI is InChI=1S/C15H23N3O4S2/c1-3-24(21,22)17-9-11-18(23(2,19)20)10-8-13-12-16-15-7-5-4-6-14(13)15/h4-7,12,16-17H,3,8-11H2,1-2H3. The maximum Gasteiger partial charge on any atom is 0.211 e. The van der Waals surface area contributed by atoms with Crippen LogP contribution in [-0.2, 0) is 26.5 Å². The second-order valence-corrected chi connectivity index (χ2v) is 9.65. The minimum absolute atomic E-state index is 0.0266. The predicted molar refractivity (Wildman–Crippen MR) is 95.9 cm³/mol. The van der Waals surface area contributed by atoms with Crippen LogP contribution in [0.3, 0.4) is 0 Å². The van der Waals surface area contributed by atoms with Gasteiger partial charge in [0, 0.05) is 36.7 Å². The van der Waals surface area contributed by atoms with Crippen LogP contribution in [0.2, 0.25) is 0 Å². The first-order valence-electron chi connectivity index (χ1n) is 7.70. The zero-order valence-electron chi connectivity index (χ0n) is 13.8. The largest absolute Gasteiger partial charge is 0.361 e. The Hall–Kier alpha value is -1.42. The molecule has 0 saturated carbocycles. The molecule has 0 unspecified atom stereocenters. The summed E-state index contributed by atoms with van der Waals surface area (Å²) in [6.45, 7) is 2.01. The number of aromatic amines is 1. The number of nitrogens with zero attached hydrogens (tertiary/aromatic N) is 1. The van der Waals surface area contributed by atoms with E-state index in [4.69, 9.17) is 0 Å². The van der Waals surface area contributed by atoms with Crippen LogP contribution in [0.4, 0.5) is 0 Å². The van der Waals surface area contributed by atoms with Gasteiger partial charge in [0.1, 0.15) is 0 Å². The van der Waals surface area contributed by atoms with Gasteiger partial charge in [0.05, 0.1) is 12.0 Å². The Kier molecular flexibility index (Phi) is 6.02. The summed E-state index contributed by atoms with van der Waals surface area (Å²) in [6.07, 6.45) is 3.57. The second kappa shape index (κ2) is 7.64. The number of sulfonamides is 2. The van der Waals surface area contributed by atoms with Crippen LogP contribution in [0, 0.1) is 0 Å². The molecule has 1 aromatic carbocycles. The molecule has 0 fully saturated rings. The highest BCUT2D eigenvalue weighted by atomic mass is 32.2. The van der Waals surface area contributed by atoms with Gasteiger partial charge >= 0.3 is 0 Å². The van der Waals surface area contributed by atoms with Gasteiger partial charge in [-0.3, -0.25) is 0 Å². The molecule has 24 heavy (non-hydrogen) atoms. The van der Waals surface area contributed by atoms with Crippen LogP contribution in [0.1, 0.15) is 12.5 Å². The molecule has 0 aliphatic carbocycles. The summed E-state index contributed by atoms with van der Waals surface area (Å²) >= 11 is 0. The molecule has 1 aromatic heterocycles. The number of benzene rings is 1. The van der Waals surface area contributed by atoms with Crippen molar-refractivity contribution in [1.82, 2.24) is 14.0 Å². The Morgan fingerprint density at radius 2 is 1.83 bits per heavy atom. The lowest BCUT2D eigenvalue weighted by molar-refractivity contribution is 0.420. The van der Waals surface area contributed by atoms with Crippen LogP contribution < -0.4 is 4.72 Å². The van der Waals surface area contributed by atoms with Crippen molar-refractivity contribution in [2.75, 3.05) is 31.6 Å². The molecule has 2 N–H and O–H groups in total. The van der Waals surface area contributed by atoms with E-state index in [0.717, 1.165) is 22.7 Å². The SMILES string of the molecule is CCS(=O)(=O)NCCN(CCc1c[nH]c2ccccc12)S(C)(=O)=O. The number of fused-ring (bicyclic) bond motifs is 1. The molecule has 0 spiro atoms. The topological polar surface area (TPSA) is 99.3 Å². The van der Waals surface area contributed by atoms with Crippen molar-refractivity contribution < 1.29 is 16.8 Å². The minimum Gasteiger partial charge on any atom is -0.361 e. The van der Waals surface area contributed by atoms with Gasteiger partial charge in [-0.2, -0.15) is 0 Å². The lowest BCUT2D eigenvalue weighted by Crippen LogP contribution is -2.39. The van der Waals surface area contributed by atoms with Crippen molar-refractivity contribution in [2.24, 2.45) is 0 Å².